The Bertz CT molecular complexity index is 616. The van der Waals surface area contributed by atoms with Crippen molar-refractivity contribution in [2.24, 2.45) is 0 Å². The van der Waals surface area contributed by atoms with E-state index in [9.17, 15) is 4.79 Å². The average Bonchev–Trinajstić information content (AvgIpc) is 2.98. The van der Waals surface area contributed by atoms with E-state index in [0.29, 0.717) is 23.7 Å². The van der Waals surface area contributed by atoms with Gasteiger partial charge in [-0.1, -0.05) is 0 Å². The van der Waals surface area contributed by atoms with Crippen LogP contribution in [0, 0.1) is 11.3 Å². The third-order valence-electron chi connectivity index (χ3n) is 2.69. The molecule has 2 rings (SSSR count). The molecule has 0 fully saturated rings. The number of amides is 1. The average molecular weight is 270 g/mol. The molecule has 0 aliphatic rings. The van der Waals surface area contributed by atoms with Gasteiger partial charge in [-0.3, -0.25) is 4.79 Å². The van der Waals surface area contributed by atoms with Gasteiger partial charge < -0.3 is 15.1 Å². The van der Waals surface area contributed by atoms with E-state index in [-0.39, 0.29) is 5.91 Å². The first kappa shape index (κ1) is 13.6. The Kier molecular flexibility index (Phi) is 4.35. The number of nitrogens with one attached hydrogen (secondary N) is 2. The lowest BCUT2D eigenvalue weighted by Crippen LogP contribution is -2.37. The Morgan fingerprint density at radius 2 is 2.35 bits per heavy atom. The van der Waals surface area contributed by atoms with Crippen molar-refractivity contribution in [2.75, 3.05) is 5.32 Å². The van der Waals surface area contributed by atoms with Crippen molar-refractivity contribution in [1.29, 1.82) is 5.26 Å². The van der Waals surface area contributed by atoms with E-state index in [1.165, 1.54) is 0 Å². The van der Waals surface area contributed by atoms with Crippen LogP contribution in [0.2, 0.25) is 0 Å². The molecular weight excluding hydrogens is 256 g/mol. The summed E-state index contributed by atoms with van der Waals surface area (Å²) in [7, 11) is 0. The van der Waals surface area contributed by atoms with Crippen LogP contribution >= 0.6 is 0 Å². The number of nitriles is 1. The highest BCUT2D eigenvalue weighted by Crippen LogP contribution is 2.11. The van der Waals surface area contributed by atoms with Gasteiger partial charge >= 0.3 is 0 Å². The lowest BCUT2D eigenvalue weighted by atomic mass is 10.2. The fraction of sp³-hybridized carbons (Fsp3) is 0.214. The van der Waals surface area contributed by atoms with Crippen molar-refractivity contribution in [3.05, 3.63) is 48.0 Å². The first-order chi connectivity index (χ1) is 9.70. The third kappa shape index (κ3) is 3.36. The molecule has 0 saturated heterocycles. The van der Waals surface area contributed by atoms with E-state index in [1.807, 2.05) is 6.07 Å². The molecule has 0 aromatic carbocycles. The fourth-order valence-corrected chi connectivity index (χ4v) is 1.62. The first-order valence-corrected chi connectivity index (χ1v) is 6.12. The highest BCUT2D eigenvalue weighted by Gasteiger charge is 2.14. The van der Waals surface area contributed by atoms with E-state index in [1.54, 1.807) is 43.6 Å². The van der Waals surface area contributed by atoms with Gasteiger partial charge in [-0.15, -0.1) is 0 Å². The van der Waals surface area contributed by atoms with Gasteiger partial charge in [0, 0.05) is 6.20 Å². The fourth-order valence-electron chi connectivity index (χ4n) is 1.62. The zero-order valence-corrected chi connectivity index (χ0v) is 11.0. The molecule has 2 heterocycles. The largest absolute Gasteiger partial charge is 0.467 e. The second-order valence-electron chi connectivity index (χ2n) is 4.17. The molecule has 6 heteroatoms. The summed E-state index contributed by atoms with van der Waals surface area (Å²) in [6, 6.07) is 8.37. The number of nitrogens with zero attached hydrogens (tertiary/aromatic N) is 2. The number of aromatic nitrogens is 1. The normalized spacial score (nSPS) is 11.4. The molecule has 0 bridgehead atoms. The summed E-state index contributed by atoms with van der Waals surface area (Å²) in [6.45, 7) is 2.03. The highest BCUT2D eigenvalue weighted by molar-refractivity contribution is 5.84. The summed E-state index contributed by atoms with van der Waals surface area (Å²) in [5.41, 5.74) is 0.401. The SMILES string of the molecule is CC(Nc1ncccc1C#N)C(=O)NCc1ccco1. The molecule has 2 aromatic rings. The second kappa shape index (κ2) is 6.38. The van der Waals surface area contributed by atoms with Crippen LogP contribution in [-0.2, 0) is 11.3 Å². The quantitative estimate of drug-likeness (QED) is 0.862. The van der Waals surface area contributed by atoms with Crippen LogP contribution in [0.1, 0.15) is 18.2 Å². The van der Waals surface area contributed by atoms with E-state index in [0.717, 1.165) is 0 Å². The Balaban J connectivity index is 1.92. The summed E-state index contributed by atoms with van der Waals surface area (Å²) in [5, 5.41) is 14.6. The van der Waals surface area contributed by atoms with Gasteiger partial charge in [0.25, 0.3) is 0 Å². The van der Waals surface area contributed by atoms with E-state index >= 15 is 0 Å². The molecule has 0 radical (unpaired) electrons. The van der Waals surface area contributed by atoms with Crippen LogP contribution in [0.4, 0.5) is 5.82 Å². The summed E-state index contributed by atoms with van der Waals surface area (Å²) < 4.78 is 5.13. The number of hydrogen-bond donors (Lipinski definition) is 2. The van der Waals surface area contributed by atoms with Gasteiger partial charge in [0.05, 0.1) is 18.4 Å². The number of carbonyl (C=O) groups is 1. The molecule has 0 aliphatic carbocycles. The molecule has 1 unspecified atom stereocenters. The van der Waals surface area contributed by atoms with Crippen LogP contribution < -0.4 is 10.6 Å². The van der Waals surface area contributed by atoms with Crippen molar-refractivity contribution in [1.82, 2.24) is 10.3 Å². The van der Waals surface area contributed by atoms with E-state index in [4.69, 9.17) is 9.68 Å². The van der Waals surface area contributed by atoms with Crippen LogP contribution in [0.25, 0.3) is 0 Å². The maximum atomic E-state index is 11.9. The van der Waals surface area contributed by atoms with Crippen LogP contribution in [0.15, 0.2) is 41.1 Å². The lowest BCUT2D eigenvalue weighted by Gasteiger charge is -2.14. The zero-order valence-electron chi connectivity index (χ0n) is 11.0. The van der Waals surface area contributed by atoms with Gasteiger partial charge in [0.2, 0.25) is 5.91 Å². The Morgan fingerprint density at radius 1 is 1.50 bits per heavy atom. The predicted molar refractivity (Wildman–Crippen MR) is 72.6 cm³/mol. The van der Waals surface area contributed by atoms with Crippen molar-refractivity contribution >= 4 is 11.7 Å². The minimum absolute atomic E-state index is 0.198. The maximum absolute atomic E-state index is 11.9. The smallest absolute Gasteiger partial charge is 0.242 e. The van der Waals surface area contributed by atoms with Crippen molar-refractivity contribution in [3.63, 3.8) is 0 Å². The van der Waals surface area contributed by atoms with Gasteiger partial charge in [-0.05, 0) is 31.2 Å². The molecule has 102 valence electrons. The summed E-state index contributed by atoms with van der Waals surface area (Å²) in [6.07, 6.45) is 3.12. The molecule has 2 aromatic heterocycles. The third-order valence-corrected chi connectivity index (χ3v) is 2.69. The topological polar surface area (TPSA) is 91.0 Å². The molecule has 0 spiro atoms. The number of pyridine rings is 1. The molecule has 2 N–H and O–H groups in total. The molecular formula is C14H14N4O2. The van der Waals surface area contributed by atoms with Gasteiger partial charge in [-0.25, -0.2) is 4.98 Å². The molecule has 0 saturated carbocycles. The van der Waals surface area contributed by atoms with Gasteiger partial charge in [-0.2, -0.15) is 5.26 Å². The van der Waals surface area contributed by atoms with Crippen molar-refractivity contribution in [2.45, 2.75) is 19.5 Å². The van der Waals surface area contributed by atoms with Crippen molar-refractivity contribution in [3.8, 4) is 6.07 Å². The lowest BCUT2D eigenvalue weighted by molar-refractivity contribution is -0.121. The van der Waals surface area contributed by atoms with Crippen LogP contribution in [0.5, 0.6) is 0 Å². The number of furan rings is 1. The highest BCUT2D eigenvalue weighted by atomic mass is 16.3. The minimum atomic E-state index is -0.507. The minimum Gasteiger partial charge on any atom is -0.467 e. The number of anilines is 1. The number of hydrogen-bond acceptors (Lipinski definition) is 5. The van der Waals surface area contributed by atoms with Gasteiger partial charge in [0.1, 0.15) is 23.7 Å². The molecule has 6 nitrogen and oxygen atoms in total. The number of rotatable bonds is 5. The van der Waals surface area contributed by atoms with E-state index < -0.39 is 6.04 Å². The Labute approximate surface area is 116 Å². The summed E-state index contributed by atoms with van der Waals surface area (Å²) >= 11 is 0. The van der Waals surface area contributed by atoms with Crippen LogP contribution in [-0.4, -0.2) is 16.9 Å². The molecule has 0 aliphatic heterocycles. The predicted octanol–water partition coefficient (Wildman–Crippen LogP) is 1.66. The zero-order chi connectivity index (χ0) is 14.4. The van der Waals surface area contributed by atoms with Gasteiger partial charge in [0.15, 0.2) is 0 Å². The maximum Gasteiger partial charge on any atom is 0.242 e. The van der Waals surface area contributed by atoms with Crippen molar-refractivity contribution < 1.29 is 9.21 Å². The molecule has 20 heavy (non-hydrogen) atoms. The standard InChI is InChI=1S/C14H14N4O2/c1-10(14(19)17-9-12-5-3-7-20-12)18-13-11(8-15)4-2-6-16-13/h2-7,10H,9H2,1H3,(H,16,18)(H,17,19). The Hall–Kier alpha value is -2.81. The second-order valence-corrected chi connectivity index (χ2v) is 4.17. The number of carbonyl (C=O) groups excluding carboxylic acids is 1. The van der Waals surface area contributed by atoms with Crippen LogP contribution in [0.3, 0.4) is 0 Å². The summed E-state index contributed by atoms with van der Waals surface area (Å²) in [5.74, 6) is 0.882. The Morgan fingerprint density at radius 3 is 3.05 bits per heavy atom. The van der Waals surface area contributed by atoms with E-state index in [2.05, 4.69) is 15.6 Å². The first-order valence-electron chi connectivity index (χ1n) is 6.12. The summed E-state index contributed by atoms with van der Waals surface area (Å²) in [4.78, 5) is 16.0. The molecule has 1 atom stereocenters. The molecule has 1 amide bonds. The monoisotopic (exact) mass is 270 g/mol.